The lowest BCUT2D eigenvalue weighted by atomic mass is 10.2. The van der Waals surface area contributed by atoms with Crippen LogP contribution in [0.5, 0.6) is 0 Å². The Kier molecular flexibility index (Phi) is 4.55. The summed E-state index contributed by atoms with van der Waals surface area (Å²) >= 11 is 0. The van der Waals surface area contributed by atoms with Crippen molar-refractivity contribution in [1.29, 1.82) is 0 Å². The topological polar surface area (TPSA) is 84.5 Å². The SMILES string of the molecule is COC(=O)C(C)Nc1ccccc1NS(C)(=O)=O. The van der Waals surface area contributed by atoms with Gasteiger partial charge in [-0.2, -0.15) is 0 Å². The predicted molar refractivity (Wildman–Crippen MR) is 70.0 cm³/mol. The summed E-state index contributed by atoms with van der Waals surface area (Å²) in [6.45, 7) is 1.63. The molecule has 1 rings (SSSR count). The summed E-state index contributed by atoms with van der Waals surface area (Å²) in [5.41, 5.74) is 0.900. The van der Waals surface area contributed by atoms with E-state index >= 15 is 0 Å². The van der Waals surface area contributed by atoms with Crippen molar-refractivity contribution in [3.05, 3.63) is 24.3 Å². The fourth-order valence-electron chi connectivity index (χ4n) is 1.37. The number of rotatable bonds is 5. The highest BCUT2D eigenvalue weighted by Gasteiger charge is 2.15. The molecule has 0 aliphatic heterocycles. The van der Waals surface area contributed by atoms with Gasteiger partial charge in [0.2, 0.25) is 10.0 Å². The van der Waals surface area contributed by atoms with Crippen molar-refractivity contribution >= 4 is 27.4 Å². The molecule has 18 heavy (non-hydrogen) atoms. The summed E-state index contributed by atoms with van der Waals surface area (Å²) in [6, 6.07) is 6.14. The third-order valence-electron chi connectivity index (χ3n) is 2.15. The lowest BCUT2D eigenvalue weighted by Gasteiger charge is -2.16. The first-order valence-corrected chi connectivity index (χ1v) is 7.14. The van der Waals surface area contributed by atoms with Crippen LogP contribution < -0.4 is 10.0 Å². The summed E-state index contributed by atoms with van der Waals surface area (Å²) < 4.78 is 29.4. The van der Waals surface area contributed by atoms with Crippen LogP contribution in [-0.4, -0.2) is 33.8 Å². The van der Waals surface area contributed by atoms with Crippen LogP contribution in [0.2, 0.25) is 0 Å². The molecule has 0 radical (unpaired) electrons. The number of methoxy groups -OCH3 is 1. The van der Waals surface area contributed by atoms with Crippen molar-refractivity contribution in [2.45, 2.75) is 13.0 Å². The molecule has 0 fully saturated rings. The van der Waals surface area contributed by atoms with Crippen LogP contribution >= 0.6 is 0 Å². The predicted octanol–water partition coefficient (Wildman–Crippen LogP) is 1.03. The van der Waals surface area contributed by atoms with Gasteiger partial charge in [-0.05, 0) is 19.1 Å². The Morgan fingerprint density at radius 1 is 1.28 bits per heavy atom. The van der Waals surface area contributed by atoms with Crippen LogP contribution in [0.25, 0.3) is 0 Å². The number of benzene rings is 1. The van der Waals surface area contributed by atoms with Crippen molar-refractivity contribution in [2.75, 3.05) is 23.4 Å². The number of carbonyl (C=O) groups is 1. The molecule has 1 aromatic rings. The minimum absolute atomic E-state index is 0.385. The Morgan fingerprint density at radius 3 is 2.33 bits per heavy atom. The molecule has 0 saturated carbocycles. The number of esters is 1. The maximum atomic E-state index is 11.3. The molecule has 0 amide bonds. The van der Waals surface area contributed by atoms with Gasteiger partial charge in [0.1, 0.15) is 6.04 Å². The largest absolute Gasteiger partial charge is 0.467 e. The van der Waals surface area contributed by atoms with E-state index in [2.05, 4.69) is 14.8 Å². The van der Waals surface area contributed by atoms with Gasteiger partial charge in [-0.1, -0.05) is 12.1 Å². The average Bonchev–Trinajstić information content (AvgIpc) is 2.28. The molecular formula is C11H16N2O4S. The second kappa shape index (κ2) is 5.72. The van der Waals surface area contributed by atoms with E-state index in [0.717, 1.165) is 6.26 Å². The van der Waals surface area contributed by atoms with Crippen molar-refractivity contribution in [1.82, 2.24) is 0 Å². The van der Waals surface area contributed by atoms with Gasteiger partial charge in [-0.15, -0.1) is 0 Å². The van der Waals surface area contributed by atoms with E-state index in [1.54, 1.807) is 31.2 Å². The van der Waals surface area contributed by atoms with Gasteiger partial charge < -0.3 is 10.1 Å². The molecule has 1 atom stereocenters. The standard InChI is InChI=1S/C11H16N2O4S/c1-8(11(14)17-2)12-9-6-4-5-7-10(9)13-18(3,15)16/h4-8,12-13H,1-3H3. The van der Waals surface area contributed by atoms with E-state index in [-0.39, 0.29) is 0 Å². The maximum absolute atomic E-state index is 11.3. The molecule has 0 spiro atoms. The zero-order chi connectivity index (χ0) is 13.8. The van der Waals surface area contributed by atoms with Crippen LogP contribution in [0.3, 0.4) is 0 Å². The highest BCUT2D eigenvalue weighted by atomic mass is 32.2. The summed E-state index contributed by atoms with van der Waals surface area (Å²) in [7, 11) is -2.07. The van der Waals surface area contributed by atoms with Gasteiger partial charge in [-0.3, -0.25) is 4.72 Å². The molecule has 7 heteroatoms. The number of carbonyl (C=O) groups excluding carboxylic acids is 1. The first kappa shape index (κ1) is 14.3. The first-order valence-electron chi connectivity index (χ1n) is 5.24. The molecule has 100 valence electrons. The van der Waals surface area contributed by atoms with E-state index in [4.69, 9.17) is 0 Å². The monoisotopic (exact) mass is 272 g/mol. The van der Waals surface area contributed by atoms with Crippen LogP contribution in [0.4, 0.5) is 11.4 Å². The normalized spacial score (nSPS) is 12.6. The number of ether oxygens (including phenoxy) is 1. The fourth-order valence-corrected chi connectivity index (χ4v) is 1.94. The summed E-state index contributed by atoms with van der Waals surface area (Å²) in [4.78, 5) is 11.3. The second-order valence-electron chi connectivity index (χ2n) is 3.81. The number of nitrogens with one attached hydrogen (secondary N) is 2. The van der Waals surface area contributed by atoms with Crippen molar-refractivity contribution in [3.8, 4) is 0 Å². The van der Waals surface area contributed by atoms with Gasteiger partial charge in [-0.25, -0.2) is 13.2 Å². The maximum Gasteiger partial charge on any atom is 0.327 e. The van der Waals surface area contributed by atoms with Gasteiger partial charge in [0.15, 0.2) is 0 Å². The minimum atomic E-state index is -3.37. The third kappa shape index (κ3) is 4.25. The van der Waals surface area contributed by atoms with E-state index < -0.39 is 22.0 Å². The Labute approximate surface area is 106 Å². The highest BCUT2D eigenvalue weighted by molar-refractivity contribution is 7.92. The summed E-state index contributed by atoms with van der Waals surface area (Å²) in [6.07, 6.45) is 1.06. The Bertz CT molecular complexity index is 528. The summed E-state index contributed by atoms with van der Waals surface area (Å²) in [5.74, 6) is -0.427. The minimum Gasteiger partial charge on any atom is -0.467 e. The molecule has 0 heterocycles. The average molecular weight is 272 g/mol. The smallest absolute Gasteiger partial charge is 0.327 e. The van der Waals surface area contributed by atoms with E-state index in [1.807, 2.05) is 0 Å². The molecule has 1 aromatic carbocycles. The number of hydrogen-bond donors (Lipinski definition) is 2. The van der Waals surface area contributed by atoms with Crippen LogP contribution in [0.1, 0.15) is 6.92 Å². The molecule has 1 unspecified atom stereocenters. The molecule has 0 bridgehead atoms. The van der Waals surface area contributed by atoms with Crippen LogP contribution in [-0.2, 0) is 19.6 Å². The lowest BCUT2D eigenvalue weighted by molar-refractivity contribution is -0.141. The molecular weight excluding hydrogens is 256 g/mol. The number of para-hydroxylation sites is 2. The van der Waals surface area contributed by atoms with Gasteiger partial charge in [0.25, 0.3) is 0 Å². The molecule has 0 saturated heterocycles. The Balaban J connectivity index is 2.92. The molecule has 6 nitrogen and oxygen atoms in total. The highest BCUT2D eigenvalue weighted by Crippen LogP contribution is 2.22. The lowest BCUT2D eigenvalue weighted by Crippen LogP contribution is -2.27. The Morgan fingerprint density at radius 2 is 1.83 bits per heavy atom. The van der Waals surface area contributed by atoms with Crippen LogP contribution in [0, 0.1) is 0 Å². The van der Waals surface area contributed by atoms with Crippen molar-refractivity contribution in [2.24, 2.45) is 0 Å². The molecule has 2 N–H and O–H groups in total. The molecule has 0 aliphatic carbocycles. The quantitative estimate of drug-likeness (QED) is 0.782. The van der Waals surface area contributed by atoms with Crippen molar-refractivity contribution in [3.63, 3.8) is 0 Å². The second-order valence-corrected chi connectivity index (χ2v) is 5.56. The fraction of sp³-hybridized carbons (Fsp3) is 0.364. The van der Waals surface area contributed by atoms with Crippen LogP contribution in [0.15, 0.2) is 24.3 Å². The van der Waals surface area contributed by atoms with Crippen molar-refractivity contribution < 1.29 is 17.9 Å². The van der Waals surface area contributed by atoms with E-state index in [1.165, 1.54) is 7.11 Å². The third-order valence-corrected chi connectivity index (χ3v) is 2.74. The van der Waals surface area contributed by atoms with Gasteiger partial charge in [0.05, 0.1) is 24.7 Å². The van der Waals surface area contributed by atoms with Gasteiger partial charge >= 0.3 is 5.97 Å². The number of anilines is 2. The van der Waals surface area contributed by atoms with E-state index in [0.29, 0.717) is 11.4 Å². The zero-order valence-corrected chi connectivity index (χ0v) is 11.2. The van der Waals surface area contributed by atoms with Gasteiger partial charge in [0, 0.05) is 0 Å². The number of hydrogen-bond acceptors (Lipinski definition) is 5. The van der Waals surface area contributed by atoms with E-state index in [9.17, 15) is 13.2 Å². The first-order chi connectivity index (χ1) is 8.33. The molecule has 0 aliphatic rings. The Hall–Kier alpha value is -1.76. The molecule has 0 aromatic heterocycles. The summed E-state index contributed by atoms with van der Waals surface area (Å²) in [5, 5.41) is 2.88. The zero-order valence-electron chi connectivity index (χ0n) is 10.4. The number of sulfonamides is 1.